The van der Waals surface area contributed by atoms with Crippen LogP contribution >= 0.6 is 49.9 Å². The standard InChI is InChI=1S/C13H11BrINOS/c14-7-11(9-4-2-1-3-5-9)16-13(17)10-6-12(15)18-8-10/h1-6,8,11H,7H2,(H,16,17). The highest BCUT2D eigenvalue weighted by atomic mass is 127. The number of hydrogen-bond donors (Lipinski definition) is 1. The molecule has 2 nitrogen and oxygen atoms in total. The van der Waals surface area contributed by atoms with Crippen molar-refractivity contribution < 1.29 is 4.79 Å². The lowest BCUT2D eigenvalue weighted by Gasteiger charge is -2.16. The summed E-state index contributed by atoms with van der Waals surface area (Å²) in [6, 6.07) is 11.9. The molecule has 1 amide bonds. The first-order valence-electron chi connectivity index (χ1n) is 5.36. The van der Waals surface area contributed by atoms with Crippen molar-refractivity contribution in [2.75, 3.05) is 5.33 Å². The largest absolute Gasteiger partial charge is 0.344 e. The molecule has 2 rings (SSSR count). The van der Waals surface area contributed by atoms with Crippen molar-refractivity contribution in [3.8, 4) is 0 Å². The fourth-order valence-corrected chi connectivity index (χ4v) is 3.43. The second-order valence-electron chi connectivity index (χ2n) is 3.73. The van der Waals surface area contributed by atoms with Crippen LogP contribution in [0.15, 0.2) is 41.8 Å². The van der Waals surface area contributed by atoms with Crippen LogP contribution in [0, 0.1) is 2.88 Å². The Hall–Kier alpha value is -0.400. The highest BCUT2D eigenvalue weighted by Crippen LogP contribution is 2.19. The summed E-state index contributed by atoms with van der Waals surface area (Å²) in [6.45, 7) is 0. The maximum Gasteiger partial charge on any atom is 0.252 e. The summed E-state index contributed by atoms with van der Waals surface area (Å²) in [5, 5.41) is 5.61. The second-order valence-corrected chi connectivity index (χ2v) is 7.18. The van der Waals surface area contributed by atoms with Gasteiger partial charge in [0.25, 0.3) is 5.91 Å². The highest BCUT2D eigenvalue weighted by molar-refractivity contribution is 14.1. The van der Waals surface area contributed by atoms with Crippen LogP contribution in [0.2, 0.25) is 0 Å². The Bertz CT molecular complexity index is 529. The second kappa shape index (κ2) is 6.68. The molecule has 0 fully saturated rings. The molecule has 0 aliphatic rings. The van der Waals surface area contributed by atoms with Crippen molar-refractivity contribution in [2.24, 2.45) is 0 Å². The first-order chi connectivity index (χ1) is 8.70. The maximum atomic E-state index is 12.1. The SMILES string of the molecule is O=C(NC(CBr)c1ccccc1)c1csc(I)c1. The molecule has 1 aromatic heterocycles. The molecule has 0 aliphatic carbocycles. The van der Waals surface area contributed by atoms with Gasteiger partial charge in [-0.25, -0.2) is 0 Å². The molecule has 5 heteroatoms. The van der Waals surface area contributed by atoms with Crippen molar-refractivity contribution in [3.63, 3.8) is 0 Å². The molecule has 94 valence electrons. The van der Waals surface area contributed by atoms with Gasteiger partial charge in [-0.2, -0.15) is 0 Å². The summed E-state index contributed by atoms with van der Waals surface area (Å²) in [7, 11) is 0. The monoisotopic (exact) mass is 435 g/mol. The van der Waals surface area contributed by atoms with Crippen LogP contribution in [-0.4, -0.2) is 11.2 Å². The lowest BCUT2D eigenvalue weighted by atomic mass is 10.1. The zero-order valence-electron chi connectivity index (χ0n) is 9.40. The van der Waals surface area contributed by atoms with Crippen LogP contribution in [0.3, 0.4) is 0 Å². The van der Waals surface area contributed by atoms with Crippen LogP contribution in [0.4, 0.5) is 0 Å². The summed E-state index contributed by atoms with van der Waals surface area (Å²) in [5.41, 5.74) is 1.83. The van der Waals surface area contributed by atoms with Gasteiger partial charge in [0, 0.05) is 10.7 Å². The average Bonchev–Trinajstić information content (AvgIpc) is 2.83. The third-order valence-electron chi connectivity index (χ3n) is 2.49. The van der Waals surface area contributed by atoms with E-state index in [1.54, 1.807) is 11.3 Å². The minimum Gasteiger partial charge on any atom is -0.344 e. The van der Waals surface area contributed by atoms with E-state index >= 15 is 0 Å². The van der Waals surface area contributed by atoms with Gasteiger partial charge in [0.1, 0.15) is 0 Å². The molecular formula is C13H11BrINOS. The molecule has 1 heterocycles. The van der Waals surface area contributed by atoms with E-state index in [2.05, 4.69) is 43.8 Å². The highest BCUT2D eigenvalue weighted by Gasteiger charge is 2.15. The molecule has 0 saturated heterocycles. The number of carbonyl (C=O) groups excluding carboxylic acids is 1. The number of halogens is 2. The fraction of sp³-hybridized carbons (Fsp3) is 0.154. The topological polar surface area (TPSA) is 29.1 Å². The van der Waals surface area contributed by atoms with Gasteiger partial charge in [0.15, 0.2) is 0 Å². The van der Waals surface area contributed by atoms with Crippen LogP contribution in [0.1, 0.15) is 22.0 Å². The van der Waals surface area contributed by atoms with Gasteiger partial charge >= 0.3 is 0 Å². The molecule has 0 bridgehead atoms. The maximum absolute atomic E-state index is 12.1. The normalized spacial score (nSPS) is 12.1. The Labute approximate surface area is 132 Å². The Morgan fingerprint density at radius 1 is 1.39 bits per heavy atom. The Morgan fingerprint density at radius 2 is 2.11 bits per heavy atom. The zero-order chi connectivity index (χ0) is 13.0. The number of rotatable bonds is 4. The minimum atomic E-state index is -0.0255. The van der Waals surface area contributed by atoms with Gasteiger partial charge in [-0.05, 0) is 34.2 Å². The molecule has 2 aromatic rings. The molecule has 18 heavy (non-hydrogen) atoms. The van der Waals surface area contributed by atoms with Crippen LogP contribution < -0.4 is 5.32 Å². The smallest absolute Gasteiger partial charge is 0.252 e. The van der Waals surface area contributed by atoms with Crippen LogP contribution in [0.25, 0.3) is 0 Å². The van der Waals surface area contributed by atoms with Gasteiger partial charge in [-0.1, -0.05) is 46.3 Å². The van der Waals surface area contributed by atoms with E-state index in [0.717, 1.165) is 14.0 Å². The molecule has 0 saturated carbocycles. The van der Waals surface area contributed by atoms with Gasteiger partial charge in [-0.15, -0.1) is 11.3 Å². The van der Waals surface area contributed by atoms with Gasteiger partial charge in [0.05, 0.1) is 14.5 Å². The summed E-state index contributed by atoms with van der Waals surface area (Å²) < 4.78 is 1.12. The number of hydrogen-bond acceptors (Lipinski definition) is 2. The quantitative estimate of drug-likeness (QED) is 0.565. The molecule has 1 unspecified atom stereocenters. The molecule has 1 atom stereocenters. The predicted octanol–water partition coefficient (Wildman–Crippen LogP) is 4.22. The molecule has 0 radical (unpaired) electrons. The predicted molar refractivity (Wildman–Crippen MR) is 87.5 cm³/mol. The number of amides is 1. The first kappa shape index (κ1) is 14.0. The Balaban J connectivity index is 2.10. The van der Waals surface area contributed by atoms with E-state index < -0.39 is 0 Å². The fourth-order valence-electron chi connectivity index (χ4n) is 1.57. The number of nitrogens with one attached hydrogen (secondary N) is 1. The van der Waals surface area contributed by atoms with Gasteiger partial charge < -0.3 is 5.32 Å². The lowest BCUT2D eigenvalue weighted by molar-refractivity contribution is 0.0941. The molecule has 1 aromatic carbocycles. The third-order valence-corrected chi connectivity index (χ3v) is 4.93. The summed E-state index contributed by atoms with van der Waals surface area (Å²) in [5.74, 6) is -0.0255. The summed E-state index contributed by atoms with van der Waals surface area (Å²) in [6.07, 6.45) is 0. The summed E-state index contributed by atoms with van der Waals surface area (Å²) >= 11 is 7.24. The molecule has 0 aliphatic heterocycles. The molecular weight excluding hydrogens is 425 g/mol. The van der Waals surface area contributed by atoms with Crippen molar-refractivity contribution in [2.45, 2.75) is 6.04 Å². The minimum absolute atomic E-state index is 0.00346. The van der Waals surface area contributed by atoms with Crippen LogP contribution in [-0.2, 0) is 0 Å². The van der Waals surface area contributed by atoms with Crippen molar-refractivity contribution >= 4 is 55.8 Å². The number of thiophene rings is 1. The van der Waals surface area contributed by atoms with Crippen LogP contribution in [0.5, 0.6) is 0 Å². The number of benzene rings is 1. The van der Waals surface area contributed by atoms with Gasteiger partial charge in [0.2, 0.25) is 0 Å². The average molecular weight is 436 g/mol. The first-order valence-corrected chi connectivity index (χ1v) is 8.44. The van der Waals surface area contributed by atoms with Gasteiger partial charge in [-0.3, -0.25) is 4.79 Å². The number of alkyl halides is 1. The van der Waals surface area contributed by atoms with E-state index in [-0.39, 0.29) is 11.9 Å². The number of carbonyl (C=O) groups is 1. The van der Waals surface area contributed by atoms with E-state index in [1.807, 2.05) is 41.8 Å². The molecule has 1 N–H and O–H groups in total. The zero-order valence-corrected chi connectivity index (χ0v) is 14.0. The van der Waals surface area contributed by atoms with Crippen molar-refractivity contribution in [1.29, 1.82) is 0 Å². The third kappa shape index (κ3) is 3.55. The van der Waals surface area contributed by atoms with E-state index in [1.165, 1.54) is 0 Å². The van der Waals surface area contributed by atoms with E-state index in [4.69, 9.17) is 0 Å². The Kier molecular flexibility index (Phi) is 5.20. The summed E-state index contributed by atoms with van der Waals surface area (Å²) in [4.78, 5) is 12.1. The molecule has 0 spiro atoms. The van der Waals surface area contributed by atoms with E-state index in [9.17, 15) is 4.79 Å². The Morgan fingerprint density at radius 3 is 2.67 bits per heavy atom. The van der Waals surface area contributed by atoms with Crippen molar-refractivity contribution in [3.05, 3.63) is 55.8 Å². The van der Waals surface area contributed by atoms with E-state index in [0.29, 0.717) is 5.33 Å². The van der Waals surface area contributed by atoms with Crippen molar-refractivity contribution in [1.82, 2.24) is 5.32 Å². The lowest BCUT2D eigenvalue weighted by Crippen LogP contribution is -2.29.